The van der Waals surface area contributed by atoms with E-state index in [4.69, 9.17) is 5.11 Å². The van der Waals surface area contributed by atoms with Gasteiger partial charge in [0.15, 0.2) is 0 Å². The fraction of sp³-hybridized carbons (Fsp3) is 0.556. The number of hydrogen-bond acceptors (Lipinski definition) is 1. The molecule has 0 rings (SSSR count). The lowest BCUT2D eigenvalue weighted by Gasteiger charge is -2.14. The number of hydrogen-bond donors (Lipinski definition) is 1. The smallest absolute Gasteiger partial charge is 0.104 e. The average molecular weight is 170 g/mol. The van der Waals surface area contributed by atoms with Gasteiger partial charge in [-0.25, -0.2) is 0 Å². The predicted octanol–water partition coefficient (Wildman–Crippen LogP) is 1.03. The first-order chi connectivity index (χ1) is 5.06. The summed E-state index contributed by atoms with van der Waals surface area (Å²) in [6.45, 7) is -0.0654. The Hall–Kier alpha value is -0.570. The van der Waals surface area contributed by atoms with Crippen LogP contribution in [0.3, 0.4) is 0 Å². The molecule has 0 radical (unpaired) electrons. The summed E-state index contributed by atoms with van der Waals surface area (Å²) in [5, 5.41) is 11.4. The van der Waals surface area contributed by atoms with E-state index < -0.39 is 10.0 Å². The van der Waals surface area contributed by atoms with Crippen LogP contribution >= 0.6 is 10.0 Å². The maximum atomic E-state index is 8.31. The third kappa shape index (κ3) is 9.43. The Morgan fingerprint density at radius 3 is 2.18 bits per heavy atom. The van der Waals surface area contributed by atoms with Crippen LogP contribution in [0.4, 0.5) is 0 Å². The summed E-state index contributed by atoms with van der Waals surface area (Å²) in [5.74, 6) is 8.26. The maximum Gasteiger partial charge on any atom is 0.104 e. The van der Waals surface area contributed by atoms with Crippen molar-refractivity contribution in [2.45, 2.75) is 6.42 Å². The third-order valence-corrected chi connectivity index (χ3v) is 1.52. The highest BCUT2D eigenvalue weighted by atomic mass is 32.3. The van der Waals surface area contributed by atoms with E-state index >= 15 is 0 Å². The van der Waals surface area contributed by atoms with Crippen LogP contribution in [0.25, 0.3) is 0 Å². The van der Waals surface area contributed by atoms with Crippen molar-refractivity contribution < 1.29 is 5.11 Å². The molecule has 0 aliphatic carbocycles. The van der Waals surface area contributed by atoms with Crippen molar-refractivity contribution in [2.75, 3.05) is 25.4 Å². The molecular formula is C9H14OS. The van der Waals surface area contributed by atoms with E-state index in [1.807, 2.05) is 0 Å². The minimum Gasteiger partial charge on any atom is -0.384 e. The number of aliphatic hydroxyl groups excluding tert-OH is 1. The minimum atomic E-state index is -0.703. The topological polar surface area (TPSA) is 20.2 Å². The molecule has 0 aliphatic heterocycles. The van der Waals surface area contributed by atoms with Crippen molar-refractivity contribution in [2.24, 2.45) is 0 Å². The van der Waals surface area contributed by atoms with E-state index in [1.165, 1.54) is 0 Å². The normalized spacial score (nSPS) is 10.5. The second-order valence-corrected chi connectivity index (χ2v) is 6.68. The molecule has 62 valence electrons. The van der Waals surface area contributed by atoms with Gasteiger partial charge < -0.3 is 5.11 Å². The van der Waals surface area contributed by atoms with Crippen LogP contribution in [0.5, 0.6) is 0 Å². The van der Waals surface area contributed by atoms with Crippen molar-refractivity contribution in [3.8, 4) is 23.0 Å². The lowest BCUT2D eigenvalue weighted by molar-refractivity contribution is 0.350. The Labute approximate surface area is 70.5 Å². The van der Waals surface area contributed by atoms with Crippen LogP contribution in [0.15, 0.2) is 0 Å². The zero-order chi connectivity index (χ0) is 8.74. The number of aliphatic hydroxyl groups is 1. The highest BCUT2D eigenvalue weighted by molar-refractivity contribution is 8.35. The molecule has 0 atom stereocenters. The lowest BCUT2D eigenvalue weighted by Crippen LogP contribution is -1.84. The molecular weight excluding hydrogens is 156 g/mol. The second kappa shape index (κ2) is 5.13. The molecule has 0 amide bonds. The molecule has 0 aliphatic rings. The summed E-state index contributed by atoms with van der Waals surface area (Å²) in [7, 11) is -0.703. The van der Waals surface area contributed by atoms with Gasteiger partial charge in [0.25, 0.3) is 0 Å². The van der Waals surface area contributed by atoms with Crippen molar-refractivity contribution in [1.29, 1.82) is 0 Å². The van der Waals surface area contributed by atoms with E-state index in [-0.39, 0.29) is 6.61 Å². The summed E-state index contributed by atoms with van der Waals surface area (Å²) in [6, 6.07) is 0. The highest BCUT2D eigenvalue weighted by Crippen LogP contribution is 2.31. The summed E-state index contributed by atoms with van der Waals surface area (Å²) in [4.78, 5) is 0. The van der Waals surface area contributed by atoms with Gasteiger partial charge in [0.05, 0.1) is 6.42 Å². The van der Waals surface area contributed by atoms with Gasteiger partial charge in [-0.2, -0.15) is 10.0 Å². The van der Waals surface area contributed by atoms with Crippen LogP contribution in [0.1, 0.15) is 6.42 Å². The van der Waals surface area contributed by atoms with Crippen LogP contribution in [0.2, 0.25) is 0 Å². The van der Waals surface area contributed by atoms with E-state index in [2.05, 4.69) is 41.8 Å². The molecule has 0 saturated carbocycles. The molecule has 1 nitrogen and oxygen atoms in total. The maximum absolute atomic E-state index is 8.31. The Morgan fingerprint density at radius 1 is 1.09 bits per heavy atom. The summed E-state index contributed by atoms with van der Waals surface area (Å²) in [5.41, 5.74) is 0. The summed E-state index contributed by atoms with van der Waals surface area (Å²) < 4.78 is 0. The summed E-state index contributed by atoms with van der Waals surface area (Å²) in [6.07, 6.45) is 6.99. The molecule has 0 bridgehead atoms. The van der Waals surface area contributed by atoms with Crippen molar-refractivity contribution in [3.63, 3.8) is 0 Å². The summed E-state index contributed by atoms with van der Waals surface area (Å²) >= 11 is 0. The fourth-order valence-electron chi connectivity index (χ4n) is 0.415. The first-order valence-corrected chi connectivity index (χ1v) is 6.16. The van der Waals surface area contributed by atoms with Gasteiger partial charge in [0.1, 0.15) is 6.61 Å². The van der Waals surface area contributed by atoms with Gasteiger partial charge in [-0.1, -0.05) is 23.0 Å². The molecule has 0 spiro atoms. The van der Waals surface area contributed by atoms with Crippen LogP contribution in [-0.4, -0.2) is 30.5 Å². The minimum absolute atomic E-state index is 0.0654. The van der Waals surface area contributed by atoms with Crippen molar-refractivity contribution >= 4 is 10.0 Å². The number of rotatable bonds is 0. The van der Waals surface area contributed by atoms with E-state index in [0.29, 0.717) is 6.42 Å². The Morgan fingerprint density at radius 2 is 1.73 bits per heavy atom. The first kappa shape index (κ1) is 10.4. The molecule has 11 heavy (non-hydrogen) atoms. The molecule has 0 saturated heterocycles. The molecule has 0 unspecified atom stereocenters. The molecule has 0 aromatic carbocycles. The SMILES string of the molecule is CS(C)(C)C#CCC#CCO. The van der Waals surface area contributed by atoms with Crippen molar-refractivity contribution in [3.05, 3.63) is 0 Å². The Balaban J connectivity index is 3.74. The molecule has 0 aromatic heterocycles. The van der Waals surface area contributed by atoms with E-state index in [0.717, 1.165) is 0 Å². The standard InChI is InChI=1S/C9H14OS/c1-11(2,3)9-7-5-4-6-8-10/h10H,5,8H2,1-3H3. The molecule has 1 N–H and O–H groups in total. The van der Waals surface area contributed by atoms with Gasteiger partial charge in [0.2, 0.25) is 0 Å². The van der Waals surface area contributed by atoms with Gasteiger partial charge >= 0.3 is 0 Å². The lowest BCUT2D eigenvalue weighted by atomic mass is 10.4. The van der Waals surface area contributed by atoms with Crippen LogP contribution < -0.4 is 0 Å². The largest absolute Gasteiger partial charge is 0.384 e. The molecule has 2 heteroatoms. The van der Waals surface area contributed by atoms with Gasteiger partial charge in [-0.05, 0) is 18.8 Å². The molecule has 0 aromatic rings. The Bertz CT molecular complexity index is 216. The predicted molar refractivity (Wildman–Crippen MR) is 52.6 cm³/mol. The average Bonchev–Trinajstić information content (AvgIpc) is 1.85. The third-order valence-electron chi connectivity index (χ3n) is 0.759. The van der Waals surface area contributed by atoms with E-state index in [1.54, 1.807) is 0 Å². The van der Waals surface area contributed by atoms with Crippen LogP contribution in [-0.2, 0) is 0 Å². The quantitative estimate of drug-likeness (QED) is 0.538. The zero-order valence-electron chi connectivity index (χ0n) is 7.27. The Kier molecular flexibility index (Phi) is 4.86. The zero-order valence-corrected chi connectivity index (χ0v) is 8.09. The highest BCUT2D eigenvalue weighted by Gasteiger charge is 1.93. The van der Waals surface area contributed by atoms with E-state index in [9.17, 15) is 0 Å². The molecule has 0 fully saturated rings. The van der Waals surface area contributed by atoms with Crippen molar-refractivity contribution in [1.82, 2.24) is 0 Å². The van der Waals surface area contributed by atoms with Crippen LogP contribution in [0, 0.1) is 23.0 Å². The van der Waals surface area contributed by atoms with Gasteiger partial charge in [-0.3, -0.25) is 0 Å². The second-order valence-electron chi connectivity index (χ2n) is 2.80. The fourth-order valence-corrected chi connectivity index (χ4v) is 0.920. The monoisotopic (exact) mass is 170 g/mol. The molecule has 0 heterocycles. The first-order valence-electron chi connectivity index (χ1n) is 3.31. The van der Waals surface area contributed by atoms with Gasteiger partial charge in [0, 0.05) is 0 Å². The van der Waals surface area contributed by atoms with Gasteiger partial charge in [-0.15, -0.1) is 0 Å².